The van der Waals surface area contributed by atoms with Gasteiger partial charge in [0.1, 0.15) is 54.1 Å². The van der Waals surface area contributed by atoms with Crippen LogP contribution < -0.4 is 82.7 Å². The van der Waals surface area contributed by atoms with Gasteiger partial charge in [-0.05, 0) is 109 Å². The van der Waals surface area contributed by atoms with E-state index in [4.69, 9.17) is 40.1 Å². The van der Waals surface area contributed by atoms with Gasteiger partial charge in [-0.3, -0.25) is 43.3 Å². The van der Waals surface area contributed by atoms with Crippen molar-refractivity contribution in [2.75, 3.05) is 45.1 Å². The number of nitrogens with zero attached hydrogens (tertiary/aromatic N) is 1. The molecule has 0 unspecified atom stereocenters. The van der Waals surface area contributed by atoms with E-state index in [-0.39, 0.29) is 102 Å². The highest BCUT2D eigenvalue weighted by atomic mass is 32.1. The monoisotopic (exact) mass is 1070 g/mol. The molecule has 0 heterocycles. The zero-order chi connectivity index (χ0) is 55.9. The second-order valence-corrected chi connectivity index (χ2v) is 17.5. The van der Waals surface area contributed by atoms with Gasteiger partial charge in [-0.25, -0.2) is 4.79 Å². The first kappa shape index (κ1) is 65.6. The fraction of sp³-hybridized carbons (Fsp3) is 0.636. The van der Waals surface area contributed by atoms with Gasteiger partial charge in [0.25, 0.3) is 0 Å². The number of benzene rings is 1. The quantitative estimate of drug-likeness (QED) is 0.0127. The van der Waals surface area contributed by atoms with Crippen molar-refractivity contribution in [1.82, 2.24) is 42.5 Å². The highest BCUT2D eigenvalue weighted by molar-refractivity contribution is 7.80. The first-order valence-electron chi connectivity index (χ1n) is 24.0. The molecule has 0 saturated heterocycles. The van der Waals surface area contributed by atoms with Crippen LogP contribution in [-0.4, -0.2) is 185 Å². The van der Waals surface area contributed by atoms with Crippen LogP contribution in [0, 0.1) is 0 Å². The van der Waals surface area contributed by atoms with E-state index in [0.717, 1.165) is 0 Å². The number of amides is 8. The molecule has 0 bridgehead atoms. The van der Waals surface area contributed by atoms with Gasteiger partial charge in [0, 0.05) is 18.7 Å². The smallest absolute Gasteiger partial charge is 0.326 e. The van der Waals surface area contributed by atoms with Gasteiger partial charge < -0.3 is 103 Å². The molecule has 0 aromatic heterocycles. The Kier molecular flexibility index (Phi) is 31.6. The van der Waals surface area contributed by atoms with Crippen LogP contribution in [0.25, 0.3) is 0 Å². The number of carbonyl (C=O) groups is 9. The number of hydrogen-bond acceptors (Lipinski definition) is 19. The standard InChI is InChI=1S/C44H78N16O13S/c1-23(62)34(60-39(68)30(14-18-48)53-35(64)26(49)6-5-19-52-44(50)51)42(71)56-29(13-17-47)38(67)54-27(7-2-3-15-45)37(66)59-33(22-74)41(70)58-32(21-61)40(69)55-28(8-4-16-46)36(65)57-31(43(72)73)20-24-9-11-25(63)12-10-24/h9-12,23,26-34,61-63,74H,2-8,13-22,45-49H2,1H3,(H,53,64)(H,54,67)(H,55,69)(H,56,71)(H,57,65)(H,58,70)(H,59,66)(H,60,68)(H,72,73)(H4,50,51,52)/t23-,26+,27+,28+,29-,30+,31+,32+,33+,34+/m1/s1. The van der Waals surface area contributed by atoms with Crippen molar-refractivity contribution in [3.63, 3.8) is 0 Å². The van der Waals surface area contributed by atoms with E-state index in [1.54, 1.807) is 0 Å². The molecule has 10 atom stereocenters. The molecule has 0 aliphatic heterocycles. The summed E-state index contributed by atoms with van der Waals surface area (Å²) in [5, 5.41) is 59.4. The summed E-state index contributed by atoms with van der Waals surface area (Å²) in [5.41, 5.74) is 39.8. The summed E-state index contributed by atoms with van der Waals surface area (Å²) in [5.74, 6) is -9.45. The van der Waals surface area contributed by atoms with E-state index in [1.807, 2.05) is 0 Å². The Morgan fingerprint density at radius 1 is 0.554 bits per heavy atom. The third kappa shape index (κ3) is 24.5. The minimum Gasteiger partial charge on any atom is -0.508 e. The van der Waals surface area contributed by atoms with Gasteiger partial charge in [0.05, 0.1) is 18.8 Å². The molecule has 0 aliphatic carbocycles. The minimum atomic E-state index is -1.71. The second-order valence-electron chi connectivity index (χ2n) is 17.2. The van der Waals surface area contributed by atoms with E-state index < -0.39 is 120 Å². The Hall–Kier alpha value is -6.41. The average Bonchev–Trinajstić information content (AvgIpc) is 3.35. The lowest BCUT2D eigenvalue weighted by Crippen LogP contribution is -2.62. The van der Waals surface area contributed by atoms with Crippen LogP contribution in [0.1, 0.15) is 70.3 Å². The Morgan fingerprint density at radius 3 is 1.46 bits per heavy atom. The van der Waals surface area contributed by atoms with Crippen molar-refractivity contribution in [3.05, 3.63) is 29.8 Å². The number of carboxylic acid groups (broad SMARTS) is 1. The number of aliphatic imine (C=N–C) groups is 1. The molecule has 30 heteroatoms. The summed E-state index contributed by atoms with van der Waals surface area (Å²) in [7, 11) is 0. The molecule has 1 rings (SSSR count). The van der Waals surface area contributed by atoms with Gasteiger partial charge in [-0.1, -0.05) is 12.1 Å². The number of carboxylic acids is 1. The van der Waals surface area contributed by atoms with Crippen molar-refractivity contribution in [3.8, 4) is 5.75 Å². The number of aliphatic hydroxyl groups is 2. The summed E-state index contributed by atoms with van der Waals surface area (Å²) in [4.78, 5) is 124. The molecule has 8 amide bonds. The number of aliphatic hydroxyl groups excluding tert-OH is 2. The fourth-order valence-corrected chi connectivity index (χ4v) is 7.15. The second kappa shape index (κ2) is 35.7. The number of carbonyl (C=O) groups excluding carboxylic acids is 8. The Balaban J connectivity index is 3.18. The van der Waals surface area contributed by atoms with E-state index in [0.29, 0.717) is 18.4 Å². The van der Waals surface area contributed by atoms with Crippen LogP contribution >= 0.6 is 12.6 Å². The van der Waals surface area contributed by atoms with Crippen molar-refractivity contribution < 1.29 is 63.6 Å². The first-order valence-corrected chi connectivity index (χ1v) is 24.7. The molecule has 26 N–H and O–H groups in total. The van der Waals surface area contributed by atoms with E-state index in [9.17, 15) is 63.6 Å². The number of phenols is 1. The molecule has 74 heavy (non-hydrogen) atoms. The van der Waals surface area contributed by atoms with Crippen molar-refractivity contribution in [1.29, 1.82) is 0 Å². The molecule has 1 aromatic carbocycles. The third-order valence-electron chi connectivity index (χ3n) is 11.1. The van der Waals surface area contributed by atoms with Crippen LogP contribution in [0.5, 0.6) is 5.75 Å². The number of thiol groups is 1. The van der Waals surface area contributed by atoms with Gasteiger partial charge in [0.2, 0.25) is 47.3 Å². The summed E-state index contributed by atoms with van der Waals surface area (Å²) in [6, 6.07) is -7.30. The zero-order valence-corrected chi connectivity index (χ0v) is 42.4. The summed E-state index contributed by atoms with van der Waals surface area (Å²) >= 11 is 4.17. The van der Waals surface area contributed by atoms with E-state index in [1.165, 1.54) is 31.2 Å². The Morgan fingerprint density at radius 2 is 0.986 bits per heavy atom. The number of aromatic hydroxyl groups is 1. The van der Waals surface area contributed by atoms with Crippen molar-refractivity contribution in [2.24, 2.45) is 45.1 Å². The molecular weight excluding hydrogens is 993 g/mol. The van der Waals surface area contributed by atoms with Crippen LogP contribution in [-0.2, 0) is 49.6 Å². The number of hydrogen-bond donors (Lipinski definition) is 20. The maximum atomic E-state index is 13.8. The highest BCUT2D eigenvalue weighted by Crippen LogP contribution is 2.13. The lowest BCUT2D eigenvalue weighted by molar-refractivity contribution is -0.142. The predicted octanol–water partition coefficient (Wildman–Crippen LogP) is -7.85. The molecule has 0 saturated carbocycles. The van der Waals surface area contributed by atoms with Gasteiger partial charge in [0.15, 0.2) is 5.96 Å². The van der Waals surface area contributed by atoms with Crippen LogP contribution in [0.4, 0.5) is 0 Å². The maximum absolute atomic E-state index is 13.8. The van der Waals surface area contributed by atoms with Crippen molar-refractivity contribution in [2.45, 2.75) is 132 Å². The number of nitrogens with one attached hydrogen (secondary N) is 8. The zero-order valence-electron chi connectivity index (χ0n) is 41.5. The number of nitrogens with two attached hydrogens (primary N) is 7. The minimum absolute atomic E-state index is 0.0366. The lowest BCUT2D eigenvalue weighted by atomic mass is 10.0. The van der Waals surface area contributed by atoms with Gasteiger partial charge in [-0.2, -0.15) is 12.6 Å². The topological polar surface area (TPSA) is 525 Å². The Bertz CT molecular complexity index is 2000. The normalized spacial score (nSPS) is 15.1. The predicted molar refractivity (Wildman–Crippen MR) is 274 cm³/mol. The van der Waals surface area contributed by atoms with Crippen molar-refractivity contribution >= 4 is 71.8 Å². The maximum Gasteiger partial charge on any atom is 0.326 e. The van der Waals surface area contributed by atoms with E-state index >= 15 is 0 Å². The van der Waals surface area contributed by atoms with Gasteiger partial charge >= 0.3 is 5.97 Å². The molecule has 0 aliphatic rings. The number of rotatable bonds is 37. The first-order chi connectivity index (χ1) is 35.1. The summed E-state index contributed by atoms with van der Waals surface area (Å²) in [6.07, 6.45) is -0.747. The van der Waals surface area contributed by atoms with Crippen LogP contribution in [0.15, 0.2) is 29.3 Å². The number of aliphatic carboxylic acids is 1. The third-order valence-corrected chi connectivity index (χ3v) is 11.4. The highest BCUT2D eigenvalue weighted by Gasteiger charge is 2.35. The number of guanidine groups is 1. The van der Waals surface area contributed by atoms with Gasteiger partial charge in [-0.15, -0.1) is 0 Å². The molecule has 0 spiro atoms. The largest absolute Gasteiger partial charge is 0.508 e. The molecule has 418 valence electrons. The summed E-state index contributed by atoms with van der Waals surface area (Å²) < 4.78 is 0. The molecule has 29 nitrogen and oxygen atoms in total. The molecule has 1 aromatic rings. The molecular formula is C44H78N16O13S. The number of phenolic OH excluding ortho intramolecular Hbond substituents is 1. The van der Waals surface area contributed by atoms with E-state index in [2.05, 4.69) is 60.2 Å². The molecule has 0 radical (unpaired) electrons. The average molecular weight is 1070 g/mol. The summed E-state index contributed by atoms with van der Waals surface area (Å²) in [6.45, 7) is 0.441. The van der Waals surface area contributed by atoms with Crippen LogP contribution in [0.3, 0.4) is 0 Å². The Labute approximate surface area is 434 Å². The fourth-order valence-electron chi connectivity index (χ4n) is 6.89. The lowest BCUT2D eigenvalue weighted by Gasteiger charge is -2.28. The number of unbranched alkanes of at least 4 members (excludes halogenated alkanes) is 1. The van der Waals surface area contributed by atoms with Crippen LogP contribution in [0.2, 0.25) is 0 Å². The molecule has 0 fully saturated rings. The SMILES string of the molecule is C[C@@H](O)[C@H](NC(=O)[C@H](CCN)NC(=O)[C@@H](N)CCCN=C(N)N)C(=O)N[C@H](CCN)C(=O)N[C@@H](CCCCN)C(=O)N[C@@H](CS)C(=O)N[C@@H](CO)C(=O)N[C@@H](CCCN)C(=O)N[C@@H](Cc1ccc(O)cc1)C(=O)O.